The van der Waals surface area contributed by atoms with E-state index in [9.17, 15) is 9.18 Å². The van der Waals surface area contributed by atoms with E-state index < -0.39 is 18.0 Å². The van der Waals surface area contributed by atoms with Crippen LogP contribution in [0.5, 0.6) is 5.75 Å². The first-order valence-corrected chi connectivity index (χ1v) is 11.1. The number of nitrogen functional groups attached to an aromatic ring is 1. The van der Waals surface area contributed by atoms with Crippen LogP contribution < -0.4 is 16.2 Å². The maximum Gasteiger partial charge on any atom is 0.239 e. The topological polar surface area (TPSA) is 108 Å². The molecule has 174 valence electrons. The SMILES string of the molecule is CC(Oc1c(N)ncc2c(C3=CCN(C(=O)[C@H](C)N)CC3)coc12)c1c(Cl)ccc(F)c1Cl. The molecule has 2 aromatic heterocycles. The van der Waals surface area contributed by atoms with Gasteiger partial charge in [0.25, 0.3) is 0 Å². The van der Waals surface area contributed by atoms with Crippen molar-refractivity contribution in [2.75, 3.05) is 18.8 Å². The molecule has 2 atom stereocenters. The van der Waals surface area contributed by atoms with Gasteiger partial charge in [-0.05, 0) is 38.0 Å². The molecule has 10 heteroatoms. The number of furan rings is 1. The van der Waals surface area contributed by atoms with Gasteiger partial charge in [-0.2, -0.15) is 0 Å². The maximum atomic E-state index is 14.0. The van der Waals surface area contributed by atoms with Crippen molar-refractivity contribution in [1.29, 1.82) is 0 Å². The van der Waals surface area contributed by atoms with Crippen molar-refractivity contribution >= 4 is 51.5 Å². The fourth-order valence-electron chi connectivity index (χ4n) is 3.90. The van der Waals surface area contributed by atoms with Crippen LogP contribution in [0, 0.1) is 5.82 Å². The van der Waals surface area contributed by atoms with Crippen molar-refractivity contribution in [1.82, 2.24) is 9.88 Å². The Morgan fingerprint density at radius 3 is 2.76 bits per heavy atom. The lowest BCUT2D eigenvalue weighted by molar-refractivity contribution is -0.131. The molecule has 4 N–H and O–H groups in total. The Bertz CT molecular complexity index is 1260. The molecule has 1 aliphatic rings. The summed E-state index contributed by atoms with van der Waals surface area (Å²) in [4.78, 5) is 18.1. The molecule has 1 aromatic carbocycles. The second kappa shape index (κ2) is 9.21. The number of hydrogen-bond acceptors (Lipinski definition) is 6. The molecule has 0 aliphatic carbocycles. The molecule has 1 unspecified atom stereocenters. The Hall–Kier alpha value is -2.81. The first-order chi connectivity index (χ1) is 15.7. The quantitative estimate of drug-likeness (QED) is 0.487. The fraction of sp³-hybridized carbons (Fsp3) is 0.304. The summed E-state index contributed by atoms with van der Waals surface area (Å²) < 4.78 is 25.8. The molecule has 4 rings (SSSR count). The number of anilines is 1. The van der Waals surface area contributed by atoms with Gasteiger partial charge < -0.3 is 25.5 Å². The van der Waals surface area contributed by atoms with Gasteiger partial charge in [0.1, 0.15) is 11.9 Å². The summed E-state index contributed by atoms with van der Waals surface area (Å²) in [7, 11) is 0. The van der Waals surface area contributed by atoms with Gasteiger partial charge in [-0.15, -0.1) is 0 Å². The summed E-state index contributed by atoms with van der Waals surface area (Å²) in [6.07, 6.45) is 5.11. The van der Waals surface area contributed by atoms with Gasteiger partial charge in [-0.3, -0.25) is 4.79 Å². The van der Waals surface area contributed by atoms with Crippen LogP contribution in [0.4, 0.5) is 10.2 Å². The highest BCUT2D eigenvalue weighted by Crippen LogP contribution is 2.41. The van der Waals surface area contributed by atoms with E-state index in [1.165, 1.54) is 12.1 Å². The van der Waals surface area contributed by atoms with E-state index >= 15 is 0 Å². The maximum absolute atomic E-state index is 14.0. The number of carbonyl (C=O) groups excluding carboxylic acids is 1. The van der Waals surface area contributed by atoms with Crippen LogP contribution in [0.1, 0.15) is 37.5 Å². The number of fused-ring (bicyclic) bond motifs is 1. The molecule has 3 aromatic rings. The van der Waals surface area contributed by atoms with Crippen molar-refractivity contribution in [3.8, 4) is 5.75 Å². The number of pyridine rings is 1. The standard InChI is InChI=1S/C23H23Cl2FN4O3/c1-11(27)23(31)30-7-5-13(6-8-30)15-10-32-20-14(15)9-29-22(28)21(20)33-12(2)18-16(24)3-4-17(26)19(18)25/h3-5,9-12H,6-8,27H2,1-2H3,(H2,28,29)/t11-,12?/m0/s1. The van der Waals surface area contributed by atoms with Crippen molar-refractivity contribution < 1.29 is 18.3 Å². The Balaban J connectivity index is 1.66. The molecule has 33 heavy (non-hydrogen) atoms. The van der Waals surface area contributed by atoms with Crippen LogP contribution >= 0.6 is 23.2 Å². The number of nitrogens with zero attached hydrogens (tertiary/aromatic N) is 2. The Morgan fingerprint density at radius 1 is 1.33 bits per heavy atom. The molecule has 0 saturated heterocycles. The molecule has 0 spiro atoms. The summed E-state index contributed by atoms with van der Waals surface area (Å²) >= 11 is 12.4. The molecule has 1 amide bonds. The van der Waals surface area contributed by atoms with Crippen LogP contribution in [0.2, 0.25) is 10.0 Å². The fourth-order valence-corrected chi connectivity index (χ4v) is 4.57. The van der Waals surface area contributed by atoms with E-state index in [0.29, 0.717) is 36.0 Å². The van der Waals surface area contributed by atoms with Crippen LogP contribution in [0.25, 0.3) is 16.5 Å². The first kappa shape index (κ1) is 23.4. The average molecular weight is 493 g/mol. The zero-order valence-corrected chi connectivity index (χ0v) is 19.6. The van der Waals surface area contributed by atoms with E-state index in [4.69, 9.17) is 43.8 Å². The van der Waals surface area contributed by atoms with Crippen molar-refractivity contribution in [3.63, 3.8) is 0 Å². The number of benzene rings is 1. The molecule has 0 bridgehead atoms. The third kappa shape index (κ3) is 4.38. The Kier molecular flexibility index (Phi) is 6.52. The summed E-state index contributed by atoms with van der Waals surface area (Å²) in [5.74, 6) is -0.355. The molecular formula is C23H23Cl2FN4O3. The molecule has 1 aliphatic heterocycles. The molecule has 0 fully saturated rings. The van der Waals surface area contributed by atoms with E-state index in [-0.39, 0.29) is 27.5 Å². The summed E-state index contributed by atoms with van der Waals surface area (Å²) in [6, 6.07) is 2.07. The van der Waals surface area contributed by atoms with Crippen molar-refractivity contribution in [2.24, 2.45) is 5.73 Å². The van der Waals surface area contributed by atoms with E-state index in [1.807, 2.05) is 6.08 Å². The average Bonchev–Trinajstić information content (AvgIpc) is 3.22. The van der Waals surface area contributed by atoms with Gasteiger partial charge in [0.05, 0.1) is 22.7 Å². The zero-order valence-electron chi connectivity index (χ0n) is 18.1. The van der Waals surface area contributed by atoms with Gasteiger partial charge in [0.2, 0.25) is 11.7 Å². The second-order valence-corrected chi connectivity index (χ2v) is 8.72. The molecular weight excluding hydrogens is 470 g/mol. The van der Waals surface area contributed by atoms with Gasteiger partial charge in [-0.25, -0.2) is 9.37 Å². The summed E-state index contributed by atoms with van der Waals surface area (Å²) in [6.45, 7) is 4.37. The van der Waals surface area contributed by atoms with E-state index in [0.717, 1.165) is 11.1 Å². The predicted octanol–water partition coefficient (Wildman–Crippen LogP) is 4.96. The molecule has 7 nitrogen and oxygen atoms in total. The normalized spacial score (nSPS) is 15.9. The number of hydrogen-bond donors (Lipinski definition) is 2. The van der Waals surface area contributed by atoms with Gasteiger partial charge in [0.15, 0.2) is 11.4 Å². The van der Waals surface area contributed by atoms with Crippen LogP contribution in [0.3, 0.4) is 0 Å². The highest BCUT2D eigenvalue weighted by atomic mass is 35.5. The van der Waals surface area contributed by atoms with Crippen molar-refractivity contribution in [3.05, 3.63) is 57.7 Å². The number of carbonyl (C=O) groups is 1. The lowest BCUT2D eigenvalue weighted by Crippen LogP contribution is -2.43. The number of ether oxygens (including phenoxy) is 1. The van der Waals surface area contributed by atoms with Gasteiger partial charge >= 0.3 is 0 Å². The monoisotopic (exact) mass is 492 g/mol. The number of rotatable bonds is 5. The van der Waals surface area contributed by atoms with Crippen LogP contribution in [0.15, 0.2) is 35.1 Å². The number of amides is 1. The number of halogens is 3. The molecule has 0 radical (unpaired) electrons. The smallest absolute Gasteiger partial charge is 0.239 e. The number of nitrogens with two attached hydrogens (primary N) is 2. The second-order valence-electron chi connectivity index (χ2n) is 7.93. The highest BCUT2D eigenvalue weighted by Gasteiger charge is 2.25. The third-order valence-corrected chi connectivity index (χ3v) is 6.35. The summed E-state index contributed by atoms with van der Waals surface area (Å²) in [5, 5.41) is 0.860. The van der Waals surface area contributed by atoms with Gasteiger partial charge in [0, 0.05) is 35.4 Å². The molecule has 3 heterocycles. The first-order valence-electron chi connectivity index (χ1n) is 10.4. The zero-order chi connectivity index (χ0) is 23.9. The lowest BCUT2D eigenvalue weighted by Gasteiger charge is -2.27. The minimum Gasteiger partial charge on any atom is -0.478 e. The van der Waals surface area contributed by atoms with Crippen LogP contribution in [-0.4, -0.2) is 34.9 Å². The lowest BCUT2D eigenvalue weighted by atomic mass is 9.99. The van der Waals surface area contributed by atoms with E-state index in [2.05, 4.69) is 4.98 Å². The Labute approximate surface area is 200 Å². The van der Waals surface area contributed by atoms with E-state index in [1.54, 1.807) is 31.2 Å². The van der Waals surface area contributed by atoms with Gasteiger partial charge in [-0.1, -0.05) is 29.3 Å². The highest BCUT2D eigenvalue weighted by molar-refractivity contribution is 6.36. The third-order valence-electron chi connectivity index (χ3n) is 5.64. The predicted molar refractivity (Wildman–Crippen MR) is 127 cm³/mol. The minimum absolute atomic E-state index is 0.0869. The minimum atomic E-state index is -0.726. The van der Waals surface area contributed by atoms with Crippen LogP contribution in [-0.2, 0) is 4.79 Å². The Morgan fingerprint density at radius 2 is 2.09 bits per heavy atom. The summed E-state index contributed by atoms with van der Waals surface area (Å²) in [5.41, 5.74) is 14.4. The largest absolute Gasteiger partial charge is 0.478 e. The van der Waals surface area contributed by atoms with Crippen molar-refractivity contribution in [2.45, 2.75) is 32.4 Å². The number of aromatic nitrogens is 1. The molecule has 0 saturated carbocycles.